The molecule has 4 rings (SSSR count). The SMILES string of the molecule is O=C(CCc1ccc(-c2ccccc2)[nH]1)NCCCNc1n[nH]c(=O)c2ccccc12. The highest BCUT2D eigenvalue weighted by Crippen LogP contribution is 2.18. The third-order valence-corrected chi connectivity index (χ3v) is 5.12. The zero-order valence-corrected chi connectivity index (χ0v) is 17.2. The Labute approximate surface area is 179 Å². The number of nitrogens with zero attached hydrogens (tertiary/aromatic N) is 1. The Hall–Kier alpha value is -3.87. The fourth-order valence-corrected chi connectivity index (χ4v) is 3.48. The van der Waals surface area contributed by atoms with Gasteiger partial charge in [0.25, 0.3) is 5.56 Å². The van der Waals surface area contributed by atoms with Crippen LogP contribution < -0.4 is 16.2 Å². The number of anilines is 1. The van der Waals surface area contributed by atoms with Crippen molar-refractivity contribution in [1.29, 1.82) is 0 Å². The number of amides is 1. The van der Waals surface area contributed by atoms with E-state index < -0.39 is 0 Å². The number of nitrogens with one attached hydrogen (secondary N) is 4. The number of hydrogen-bond donors (Lipinski definition) is 4. The van der Waals surface area contributed by atoms with Gasteiger partial charge in [-0.1, -0.05) is 48.5 Å². The summed E-state index contributed by atoms with van der Waals surface area (Å²) in [5.74, 6) is 0.672. The summed E-state index contributed by atoms with van der Waals surface area (Å²) in [4.78, 5) is 27.3. The molecular weight excluding hydrogens is 390 g/mol. The number of carbonyl (C=O) groups excluding carboxylic acids is 1. The van der Waals surface area contributed by atoms with Gasteiger partial charge in [-0.3, -0.25) is 9.59 Å². The van der Waals surface area contributed by atoms with E-state index in [2.05, 4.69) is 37.9 Å². The smallest absolute Gasteiger partial charge is 0.272 e. The van der Waals surface area contributed by atoms with Gasteiger partial charge in [-0.2, -0.15) is 5.10 Å². The molecule has 0 spiro atoms. The van der Waals surface area contributed by atoms with Gasteiger partial charge in [0.05, 0.1) is 5.39 Å². The summed E-state index contributed by atoms with van der Waals surface area (Å²) in [5.41, 5.74) is 3.04. The van der Waals surface area contributed by atoms with Crippen molar-refractivity contribution in [1.82, 2.24) is 20.5 Å². The molecule has 4 aromatic rings. The third-order valence-electron chi connectivity index (χ3n) is 5.12. The van der Waals surface area contributed by atoms with Gasteiger partial charge < -0.3 is 15.6 Å². The normalized spacial score (nSPS) is 10.8. The minimum absolute atomic E-state index is 0.0310. The lowest BCUT2D eigenvalue weighted by Gasteiger charge is -2.09. The van der Waals surface area contributed by atoms with E-state index in [4.69, 9.17) is 0 Å². The highest BCUT2D eigenvalue weighted by molar-refractivity contribution is 5.90. The molecular formula is C24H25N5O2. The zero-order chi connectivity index (χ0) is 21.5. The number of aryl methyl sites for hydroxylation is 1. The molecule has 158 valence electrons. The number of H-pyrrole nitrogens is 2. The zero-order valence-electron chi connectivity index (χ0n) is 17.2. The molecule has 31 heavy (non-hydrogen) atoms. The van der Waals surface area contributed by atoms with Crippen LogP contribution >= 0.6 is 0 Å². The molecule has 7 heteroatoms. The second-order valence-corrected chi connectivity index (χ2v) is 7.34. The van der Waals surface area contributed by atoms with E-state index in [1.54, 1.807) is 6.07 Å². The van der Waals surface area contributed by atoms with Crippen molar-refractivity contribution in [2.24, 2.45) is 0 Å². The Morgan fingerprint density at radius 1 is 0.903 bits per heavy atom. The average molecular weight is 415 g/mol. The maximum atomic E-state index is 12.1. The number of hydrogen-bond acceptors (Lipinski definition) is 4. The summed E-state index contributed by atoms with van der Waals surface area (Å²) in [6.45, 7) is 1.22. The van der Waals surface area contributed by atoms with Crippen LogP contribution in [0, 0.1) is 0 Å². The van der Waals surface area contributed by atoms with Gasteiger partial charge in [0.1, 0.15) is 0 Å². The summed E-state index contributed by atoms with van der Waals surface area (Å²) in [6.07, 6.45) is 1.86. The van der Waals surface area contributed by atoms with Crippen LogP contribution in [0.2, 0.25) is 0 Å². The van der Waals surface area contributed by atoms with Crippen LogP contribution in [0.3, 0.4) is 0 Å². The lowest BCUT2D eigenvalue weighted by atomic mass is 10.2. The Bertz CT molecular complexity index is 1210. The van der Waals surface area contributed by atoms with Gasteiger partial charge in [0.15, 0.2) is 5.82 Å². The maximum Gasteiger partial charge on any atom is 0.272 e. The summed E-state index contributed by atoms with van der Waals surface area (Å²) in [6, 6.07) is 21.5. The highest BCUT2D eigenvalue weighted by atomic mass is 16.1. The summed E-state index contributed by atoms with van der Waals surface area (Å²) < 4.78 is 0. The number of rotatable bonds is 9. The van der Waals surface area contributed by atoms with Gasteiger partial charge in [-0.25, -0.2) is 5.10 Å². The molecule has 2 aromatic heterocycles. The topological polar surface area (TPSA) is 103 Å². The molecule has 0 atom stereocenters. The lowest BCUT2D eigenvalue weighted by molar-refractivity contribution is -0.121. The fraction of sp³-hybridized carbons (Fsp3) is 0.208. The van der Waals surface area contributed by atoms with Crippen LogP contribution in [0.4, 0.5) is 5.82 Å². The first-order valence-corrected chi connectivity index (χ1v) is 10.4. The van der Waals surface area contributed by atoms with Gasteiger partial charge in [-0.15, -0.1) is 0 Å². The van der Waals surface area contributed by atoms with Crippen LogP contribution in [0.25, 0.3) is 22.0 Å². The predicted octanol–water partition coefficient (Wildman–Crippen LogP) is 3.47. The van der Waals surface area contributed by atoms with Crippen molar-refractivity contribution in [2.75, 3.05) is 18.4 Å². The first-order valence-electron chi connectivity index (χ1n) is 10.4. The summed E-state index contributed by atoms with van der Waals surface area (Å²) in [7, 11) is 0. The van der Waals surface area contributed by atoms with E-state index in [0.717, 1.165) is 28.8 Å². The van der Waals surface area contributed by atoms with Gasteiger partial charge in [0, 0.05) is 36.3 Å². The molecule has 4 N–H and O–H groups in total. The molecule has 0 saturated carbocycles. The molecule has 2 aromatic carbocycles. The largest absolute Gasteiger partial charge is 0.368 e. The van der Waals surface area contributed by atoms with Crippen molar-refractivity contribution >= 4 is 22.5 Å². The monoisotopic (exact) mass is 415 g/mol. The lowest BCUT2D eigenvalue weighted by Crippen LogP contribution is -2.26. The van der Waals surface area contributed by atoms with E-state index in [1.807, 2.05) is 48.5 Å². The fourth-order valence-electron chi connectivity index (χ4n) is 3.48. The Kier molecular flexibility index (Phi) is 6.42. The Morgan fingerprint density at radius 3 is 2.52 bits per heavy atom. The number of aromatic nitrogens is 3. The summed E-state index contributed by atoms with van der Waals surface area (Å²) in [5, 5.41) is 14.2. The van der Waals surface area contributed by atoms with E-state index in [1.165, 1.54) is 0 Å². The van der Waals surface area contributed by atoms with E-state index in [0.29, 0.717) is 37.1 Å². The molecule has 0 fully saturated rings. The van der Waals surface area contributed by atoms with Crippen LogP contribution in [0.5, 0.6) is 0 Å². The molecule has 0 aliphatic rings. The van der Waals surface area contributed by atoms with Crippen molar-refractivity contribution in [3.8, 4) is 11.3 Å². The van der Waals surface area contributed by atoms with E-state index >= 15 is 0 Å². The number of carbonyl (C=O) groups is 1. The predicted molar refractivity (Wildman–Crippen MR) is 123 cm³/mol. The number of fused-ring (bicyclic) bond motifs is 1. The number of aromatic amines is 2. The molecule has 0 radical (unpaired) electrons. The molecule has 0 saturated heterocycles. The van der Waals surface area contributed by atoms with Crippen LogP contribution in [0.1, 0.15) is 18.5 Å². The standard InChI is InChI=1S/C24H25N5O2/c30-22(14-12-18-11-13-21(27-18)17-7-2-1-3-8-17)25-15-6-16-26-23-19-9-4-5-10-20(19)24(31)29-28-23/h1-5,7-11,13,27H,6,12,14-16H2,(H,25,30)(H,26,28)(H,29,31). The molecule has 1 amide bonds. The summed E-state index contributed by atoms with van der Waals surface area (Å²) >= 11 is 0. The second-order valence-electron chi connectivity index (χ2n) is 7.34. The molecule has 7 nitrogen and oxygen atoms in total. The first kappa shape index (κ1) is 20.4. The van der Waals surface area contributed by atoms with Crippen LogP contribution in [0.15, 0.2) is 71.5 Å². The minimum atomic E-state index is -0.202. The molecule has 0 bridgehead atoms. The van der Waals surface area contributed by atoms with Crippen molar-refractivity contribution in [3.63, 3.8) is 0 Å². The van der Waals surface area contributed by atoms with Crippen molar-refractivity contribution in [2.45, 2.75) is 19.3 Å². The second kappa shape index (κ2) is 9.75. The van der Waals surface area contributed by atoms with E-state index in [9.17, 15) is 9.59 Å². The Morgan fingerprint density at radius 2 is 1.68 bits per heavy atom. The van der Waals surface area contributed by atoms with Gasteiger partial charge in [-0.05, 0) is 36.6 Å². The molecule has 0 aliphatic heterocycles. The molecule has 2 heterocycles. The first-order chi connectivity index (χ1) is 15.2. The number of benzene rings is 2. The third kappa shape index (κ3) is 5.19. The highest BCUT2D eigenvalue weighted by Gasteiger charge is 2.07. The van der Waals surface area contributed by atoms with Crippen LogP contribution in [-0.4, -0.2) is 34.2 Å². The van der Waals surface area contributed by atoms with E-state index in [-0.39, 0.29) is 11.5 Å². The molecule has 0 unspecified atom stereocenters. The molecule has 0 aliphatic carbocycles. The minimum Gasteiger partial charge on any atom is -0.368 e. The van der Waals surface area contributed by atoms with Crippen LogP contribution in [-0.2, 0) is 11.2 Å². The van der Waals surface area contributed by atoms with Gasteiger partial charge in [0.2, 0.25) is 5.91 Å². The van der Waals surface area contributed by atoms with Gasteiger partial charge >= 0.3 is 0 Å². The maximum absolute atomic E-state index is 12.1. The average Bonchev–Trinajstić information content (AvgIpc) is 3.29. The van der Waals surface area contributed by atoms with Crippen molar-refractivity contribution < 1.29 is 4.79 Å². The quantitative estimate of drug-likeness (QED) is 0.314. The van der Waals surface area contributed by atoms with Crippen molar-refractivity contribution in [3.05, 3.63) is 82.8 Å². The Balaban J connectivity index is 1.18.